The summed E-state index contributed by atoms with van der Waals surface area (Å²) < 4.78 is 5.01. The summed E-state index contributed by atoms with van der Waals surface area (Å²) >= 11 is 0. The molecule has 88 heavy (non-hydrogen) atoms. The van der Waals surface area contributed by atoms with Crippen LogP contribution < -0.4 is 0 Å². The Kier molecular flexibility index (Phi) is 13.3. The van der Waals surface area contributed by atoms with Gasteiger partial charge in [-0.25, -0.2) is 9.97 Å². The van der Waals surface area contributed by atoms with E-state index in [9.17, 15) is 0 Å². The lowest BCUT2D eigenvalue weighted by molar-refractivity contribution is 1.15. The van der Waals surface area contributed by atoms with E-state index in [0.717, 1.165) is 72.6 Å². The summed E-state index contributed by atoms with van der Waals surface area (Å²) in [6.07, 6.45) is 0. The Balaban J connectivity index is 1.02. The molecule has 0 aliphatic heterocycles. The maximum Gasteiger partial charge on any atom is 0.160 e. The number of para-hydroxylation sites is 1. The first-order valence-electron chi connectivity index (χ1n) is 30.6. The standard InChI is InChI=1S/C84H66N4/c1-51-33-52(2)38-66(37-51)61-24-29-79-72(45-61)73-46-62(67-39-53(3)34-54(4)40-67)25-30-80(73)87(79)78-22-16-15-21-70(78)71-28-23-65(84-85-76(59-17-11-9-12-18-59)50-77(86-84)60-19-13-10-14-20-60)49-83(71)88-81-31-26-63(68-41-55(5)35-56(6)42-68)47-74(81)75-48-64(27-32-82(75)88)69-43-57(7)36-58(8)44-69/h9-50H,1-8H3. The molecule has 15 aromatic rings. The molecule has 4 nitrogen and oxygen atoms in total. The van der Waals surface area contributed by atoms with Gasteiger partial charge in [0.15, 0.2) is 5.82 Å². The van der Waals surface area contributed by atoms with Gasteiger partial charge in [0.2, 0.25) is 0 Å². The second-order valence-corrected chi connectivity index (χ2v) is 24.5. The molecule has 0 aliphatic carbocycles. The molecule has 0 bridgehead atoms. The first kappa shape index (κ1) is 54.0. The van der Waals surface area contributed by atoms with Gasteiger partial charge in [0.05, 0.1) is 44.8 Å². The maximum absolute atomic E-state index is 5.45. The number of aryl methyl sites for hydroxylation is 8. The smallest absolute Gasteiger partial charge is 0.160 e. The van der Waals surface area contributed by atoms with Crippen molar-refractivity contribution in [3.05, 3.63) is 299 Å². The van der Waals surface area contributed by atoms with Crippen LogP contribution in [-0.4, -0.2) is 19.1 Å². The summed E-state index contributed by atoms with van der Waals surface area (Å²) in [6, 6.07) is 94.7. The average molecular weight is 1130 g/mol. The van der Waals surface area contributed by atoms with Gasteiger partial charge in [-0.1, -0.05) is 233 Å². The molecule has 0 amide bonds. The zero-order chi connectivity index (χ0) is 59.9. The van der Waals surface area contributed by atoms with Crippen molar-refractivity contribution in [3.8, 4) is 101 Å². The lowest BCUT2D eigenvalue weighted by Crippen LogP contribution is -2.03. The van der Waals surface area contributed by atoms with Gasteiger partial charge < -0.3 is 9.13 Å². The molecule has 0 saturated carbocycles. The van der Waals surface area contributed by atoms with Crippen molar-refractivity contribution < 1.29 is 0 Å². The van der Waals surface area contributed by atoms with Crippen LogP contribution in [0, 0.1) is 55.4 Å². The molecule has 0 atom stereocenters. The summed E-state index contributed by atoms with van der Waals surface area (Å²) in [5, 5.41) is 4.76. The van der Waals surface area contributed by atoms with Crippen LogP contribution in [0.2, 0.25) is 0 Å². The zero-order valence-electron chi connectivity index (χ0n) is 51.0. The Hall–Kier alpha value is -10.7. The number of benzene rings is 12. The summed E-state index contributed by atoms with van der Waals surface area (Å²) in [5.41, 5.74) is 33.1. The lowest BCUT2D eigenvalue weighted by atomic mass is 9.97. The van der Waals surface area contributed by atoms with E-state index in [1.54, 1.807) is 0 Å². The average Bonchev–Trinajstić information content (AvgIpc) is 2.90. The van der Waals surface area contributed by atoms with Crippen molar-refractivity contribution in [1.82, 2.24) is 19.1 Å². The second-order valence-electron chi connectivity index (χ2n) is 24.5. The Morgan fingerprint density at radius 3 is 0.886 bits per heavy atom. The number of aromatic nitrogens is 4. The summed E-state index contributed by atoms with van der Waals surface area (Å²) in [7, 11) is 0. The van der Waals surface area contributed by atoms with Crippen LogP contribution in [0.3, 0.4) is 0 Å². The highest BCUT2D eigenvalue weighted by Crippen LogP contribution is 2.45. The molecule has 4 heteroatoms. The van der Waals surface area contributed by atoms with Gasteiger partial charge in [0.25, 0.3) is 0 Å². The maximum atomic E-state index is 5.45. The molecular formula is C84H66N4. The van der Waals surface area contributed by atoms with Crippen LogP contribution in [0.5, 0.6) is 0 Å². The number of fused-ring (bicyclic) bond motifs is 6. The fourth-order valence-corrected chi connectivity index (χ4v) is 13.9. The molecule has 12 aromatic carbocycles. The SMILES string of the molecule is Cc1cc(C)cc(-c2ccc3c(c2)c2cc(-c4cc(C)cc(C)c4)ccc2n3-c2ccccc2-c2ccc(-c3nc(-c4ccccc4)cc(-c4ccccc4)n3)cc2-n2c3ccc(-c4cc(C)cc(C)c4)cc3c3cc(-c4cc(C)cc(C)c4)ccc32)c1. The summed E-state index contributed by atoms with van der Waals surface area (Å²) in [5.74, 6) is 0.651. The highest BCUT2D eigenvalue weighted by Gasteiger charge is 2.24. The van der Waals surface area contributed by atoms with Crippen LogP contribution in [0.25, 0.3) is 145 Å². The highest BCUT2D eigenvalue weighted by atomic mass is 15.0. The monoisotopic (exact) mass is 1130 g/mol. The van der Waals surface area contributed by atoms with E-state index in [0.29, 0.717) is 5.82 Å². The molecule has 0 radical (unpaired) electrons. The minimum atomic E-state index is 0.651. The summed E-state index contributed by atoms with van der Waals surface area (Å²) in [4.78, 5) is 10.9. The van der Waals surface area contributed by atoms with E-state index in [1.165, 1.54) is 111 Å². The quantitative estimate of drug-likeness (QED) is 0.137. The van der Waals surface area contributed by atoms with Crippen molar-refractivity contribution >= 4 is 43.6 Å². The Bertz CT molecular complexity index is 4930. The zero-order valence-corrected chi connectivity index (χ0v) is 51.0. The van der Waals surface area contributed by atoms with Crippen LogP contribution in [0.4, 0.5) is 0 Å². The van der Waals surface area contributed by atoms with Gasteiger partial charge in [-0.2, -0.15) is 0 Å². The first-order chi connectivity index (χ1) is 42.8. The van der Waals surface area contributed by atoms with Gasteiger partial charge >= 0.3 is 0 Å². The normalized spacial score (nSPS) is 11.6. The van der Waals surface area contributed by atoms with Crippen LogP contribution in [-0.2, 0) is 0 Å². The van der Waals surface area contributed by atoms with E-state index in [4.69, 9.17) is 9.97 Å². The van der Waals surface area contributed by atoms with Gasteiger partial charge in [0, 0.05) is 49.4 Å². The molecule has 0 unspecified atom stereocenters. The predicted molar refractivity (Wildman–Crippen MR) is 372 cm³/mol. The van der Waals surface area contributed by atoms with Gasteiger partial charge in [-0.15, -0.1) is 0 Å². The van der Waals surface area contributed by atoms with E-state index >= 15 is 0 Å². The fraction of sp³-hybridized carbons (Fsp3) is 0.0952. The van der Waals surface area contributed by atoms with E-state index in [2.05, 4.69) is 319 Å². The summed E-state index contributed by atoms with van der Waals surface area (Å²) in [6.45, 7) is 17.5. The Morgan fingerprint density at radius 1 is 0.216 bits per heavy atom. The predicted octanol–water partition coefficient (Wildman–Crippen LogP) is 22.5. The number of hydrogen-bond acceptors (Lipinski definition) is 2. The molecule has 0 saturated heterocycles. The first-order valence-corrected chi connectivity index (χ1v) is 30.6. The highest BCUT2D eigenvalue weighted by molar-refractivity contribution is 6.14. The molecule has 3 aromatic heterocycles. The van der Waals surface area contributed by atoms with Crippen LogP contribution in [0.1, 0.15) is 44.5 Å². The largest absolute Gasteiger partial charge is 0.309 e. The molecule has 15 rings (SSSR count). The molecular weight excluding hydrogens is 1060 g/mol. The molecule has 3 heterocycles. The third-order valence-electron chi connectivity index (χ3n) is 17.5. The van der Waals surface area contributed by atoms with Crippen molar-refractivity contribution in [2.45, 2.75) is 55.4 Å². The van der Waals surface area contributed by atoms with E-state index < -0.39 is 0 Å². The fourth-order valence-electron chi connectivity index (χ4n) is 13.9. The van der Waals surface area contributed by atoms with Crippen molar-refractivity contribution in [2.75, 3.05) is 0 Å². The minimum Gasteiger partial charge on any atom is -0.309 e. The van der Waals surface area contributed by atoms with Gasteiger partial charge in [0.1, 0.15) is 0 Å². The van der Waals surface area contributed by atoms with Crippen LogP contribution in [0.15, 0.2) is 255 Å². The van der Waals surface area contributed by atoms with Gasteiger partial charge in [-0.3, -0.25) is 0 Å². The van der Waals surface area contributed by atoms with Crippen molar-refractivity contribution in [3.63, 3.8) is 0 Å². The minimum absolute atomic E-state index is 0.651. The molecule has 0 fully saturated rings. The number of nitrogens with zero attached hydrogens (tertiary/aromatic N) is 4. The van der Waals surface area contributed by atoms with E-state index in [1.807, 2.05) is 0 Å². The molecule has 0 spiro atoms. The molecule has 0 aliphatic rings. The van der Waals surface area contributed by atoms with Crippen molar-refractivity contribution in [2.24, 2.45) is 0 Å². The number of rotatable bonds is 10. The van der Waals surface area contributed by atoms with Crippen molar-refractivity contribution in [1.29, 1.82) is 0 Å². The van der Waals surface area contributed by atoms with Crippen LogP contribution >= 0.6 is 0 Å². The van der Waals surface area contributed by atoms with Gasteiger partial charge in [-0.05, 0) is 167 Å². The second kappa shape index (κ2) is 21.7. The van der Waals surface area contributed by atoms with E-state index in [-0.39, 0.29) is 0 Å². The topological polar surface area (TPSA) is 35.6 Å². The Morgan fingerprint density at radius 2 is 0.523 bits per heavy atom. The Labute approximate surface area is 515 Å². The third-order valence-corrected chi connectivity index (χ3v) is 17.5. The third kappa shape index (κ3) is 9.87. The lowest BCUT2D eigenvalue weighted by Gasteiger charge is -2.20. The number of hydrogen-bond donors (Lipinski definition) is 0. The molecule has 422 valence electrons. The molecule has 0 N–H and O–H groups in total.